The zero-order valence-corrected chi connectivity index (χ0v) is 10.9. The summed E-state index contributed by atoms with van der Waals surface area (Å²) in [5, 5.41) is 5.34. The van der Waals surface area contributed by atoms with Crippen LogP contribution in [0.3, 0.4) is 0 Å². The molecule has 0 aromatic heterocycles. The molecule has 0 saturated carbocycles. The van der Waals surface area contributed by atoms with Crippen LogP contribution in [0.1, 0.15) is 12.8 Å². The molecule has 0 fully saturated rings. The first-order chi connectivity index (χ1) is 8.06. The molecule has 2 amide bonds. The van der Waals surface area contributed by atoms with Gasteiger partial charge in [-0.05, 0) is 20.5 Å². The smallest absolute Gasteiger partial charge is 0.229 e. The van der Waals surface area contributed by atoms with Gasteiger partial charge in [-0.2, -0.15) is 0 Å². The lowest BCUT2D eigenvalue weighted by Crippen LogP contribution is -2.35. The number of carbonyl (C=O) groups is 2. The second-order valence-corrected chi connectivity index (χ2v) is 4.03. The number of ether oxygens (including phenoxy) is 1. The Morgan fingerprint density at radius 3 is 2.24 bits per heavy atom. The first-order valence-corrected chi connectivity index (χ1v) is 5.73. The first kappa shape index (κ1) is 15.9. The number of amides is 2. The second kappa shape index (κ2) is 10.0. The minimum Gasteiger partial charge on any atom is -0.385 e. The van der Waals surface area contributed by atoms with Crippen molar-refractivity contribution in [3.05, 3.63) is 0 Å². The minimum atomic E-state index is -0.247. The zero-order valence-electron chi connectivity index (χ0n) is 10.9. The van der Waals surface area contributed by atoms with Gasteiger partial charge in [0.1, 0.15) is 6.42 Å². The van der Waals surface area contributed by atoms with Gasteiger partial charge in [0.25, 0.3) is 0 Å². The third-order valence-electron chi connectivity index (χ3n) is 2.05. The molecule has 0 aromatic carbocycles. The number of hydrogen-bond acceptors (Lipinski definition) is 4. The topological polar surface area (TPSA) is 70.7 Å². The van der Waals surface area contributed by atoms with E-state index in [4.69, 9.17) is 4.74 Å². The highest BCUT2D eigenvalue weighted by molar-refractivity contribution is 5.96. The quantitative estimate of drug-likeness (QED) is 0.412. The summed E-state index contributed by atoms with van der Waals surface area (Å²) in [6.45, 7) is 2.47. The molecular weight excluding hydrogens is 222 g/mol. The van der Waals surface area contributed by atoms with Crippen LogP contribution in [0.5, 0.6) is 0 Å². The number of carbonyl (C=O) groups excluding carboxylic acids is 2. The largest absolute Gasteiger partial charge is 0.385 e. The lowest BCUT2D eigenvalue weighted by atomic mass is 10.3. The van der Waals surface area contributed by atoms with E-state index in [0.717, 1.165) is 13.0 Å². The molecule has 0 unspecified atom stereocenters. The predicted octanol–water partition coefficient (Wildman–Crippen LogP) is -0.793. The standard InChI is InChI=1S/C11H23N3O3/c1-14(2)7-6-13-11(16)9-10(15)12-5-4-8-17-3/h4-9H2,1-3H3,(H,12,15)(H,13,16). The molecule has 0 aromatic rings. The average molecular weight is 245 g/mol. The van der Waals surface area contributed by atoms with Crippen LogP contribution in [-0.4, -0.2) is 64.2 Å². The van der Waals surface area contributed by atoms with E-state index in [0.29, 0.717) is 19.7 Å². The van der Waals surface area contributed by atoms with Crippen LogP contribution in [0, 0.1) is 0 Å². The van der Waals surface area contributed by atoms with Crippen LogP contribution < -0.4 is 10.6 Å². The number of rotatable bonds is 9. The Morgan fingerprint density at radius 1 is 1.12 bits per heavy atom. The highest BCUT2D eigenvalue weighted by Crippen LogP contribution is 1.83. The Hall–Kier alpha value is -1.14. The molecule has 6 heteroatoms. The molecule has 0 bridgehead atoms. The fourth-order valence-corrected chi connectivity index (χ4v) is 1.13. The van der Waals surface area contributed by atoms with Crippen molar-refractivity contribution >= 4 is 11.8 Å². The molecule has 0 aliphatic carbocycles. The van der Waals surface area contributed by atoms with Gasteiger partial charge >= 0.3 is 0 Å². The highest BCUT2D eigenvalue weighted by atomic mass is 16.5. The fraction of sp³-hybridized carbons (Fsp3) is 0.818. The first-order valence-electron chi connectivity index (χ1n) is 5.73. The van der Waals surface area contributed by atoms with Crippen molar-refractivity contribution in [2.24, 2.45) is 0 Å². The van der Waals surface area contributed by atoms with Crippen molar-refractivity contribution in [1.29, 1.82) is 0 Å². The third kappa shape index (κ3) is 11.1. The molecule has 6 nitrogen and oxygen atoms in total. The second-order valence-electron chi connectivity index (χ2n) is 4.03. The van der Waals surface area contributed by atoms with Crippen LogP contribution in [0.15, 0.2) is 0 Å². The van der Waals surface area contributed by atoms with Gasteiger partial charge in [-0.3, -0.25) is 9.59 Å². The number of nitrogens with zero attached hydrogens (tertiary/aromatic N) is 1. The summed E-state index contributed by atoms with van der Waals surface area (Å²) >= 11 is 0. The average Bonchev–Trinajstić information content (AvgIpc) is 2.23. The van der Waals surface area contributed by atoms with Gasteiger partial charge in [-0.1, -0.05) is 0 Å². The minimum absolute atomic E-state index is 0.111. The SMILES string of the molecule is COCCCNC(=O)CC(=O)NCCN(C)C. The van der Waals surface area contributed by atoms with Gasteiger partial charge in [0.05, 0.1) is 0 Å². The molecule has 17 heavy (non-hydrogen) atoms. The zero-order chi connectivity index (χ0) is 13.1. The van der Waals surface area contributed by atoms with Crippen molar-refractivity contribution in [3.63, 3.8) is 0 Å². The van der Waals surface area contributed by atoms with Crippen LogP contribution in [0.2, 0.25) is 0 Å². The number of hydrogen-bond donors (Lipinski definition) is 2. The maximum atomic E-state index is 11.3. The van der Waals surface area contributed by atoms with E-state index >= 15 is 0 Å². The molecule has 0 radical (unpaired) electrons. The van der Waals surface area contributed by atoms with E-state index < -0.39 is 0 Å². The Balaban J connectivity index is 3.49. The fourth-order valence-electron chi connectivity index (χ4n) is 1.13. The van der Waals surface area contributed by atoms with Gasteiger partial charge in [0, 0.05) is 33.4 Å². The van der Waals surface area contributed by atoms with E-state index in [2.05, 4.69) is 10.6 Å². The van der Waals surface area contributed by atoms with Crippen LogP contribution >= 0.6 is 0 Å². The van der Waals surface area contributed by atoms with Gasteiger partial charge < -0.3 is 20.3 Å². The van der Waals surface area contributed by atoms with Gasteiger partial charge in [0.2, 0.25) is 11.8 Å². The molecule has 100 valence electrons. The summed E-state index contributed by atoms with van der Waals surface area (Å²) in [6, 6.07) is 0. The molecule has 0 atom stereocenters. The van der Waals surface area contributed by atoms with Crippen molar-refractivity contribution < 1.29 is 14.3 Å². The monoisotopic (exact) mass is 245 g/mol. The van der Waals surface area contributed by atoms with Gasteiger partial charge in [0.15, 0.2) is 0 Å². The van der Waals surface area contributed by atoms with Crippen molar-refractivity contribution in [3.8, 4) is 0 Å². The van der Waals surface area contributed by atoms with Crippen molar-refractivity contribution in [2.45, 2.75) is 12.8 Å². The highest BCUT2D eigenvalue weighted by Gasteiger charge is 2.07. The molecule has 0 aliphatic rings. The lowest BCUT2D eigenvalue weighted by Gasteiger charge is -2.10. The Labute approximate surface area is 103 Å². The van der Waals surface area contributed by atoms with Gasteiger partial charge in [-0.25, -0.2) is 0 Å². The third-order valence-corrected chi connectivity index (χ3v) is 2.05. The van der Waals surface area contributed by atoms with Crippen molar-refractivity contribution in [2.75, 3.05) is 47.4 Å². The van der Waals surface area contributed by atoms with Gasteiger partial charge in [-0.15, -0.1) is 0 Å². The number of methoxy groups -OCH3 is 1. The normalized spacial score (nSPS) is 10.4. The molecule has 0 aliphatic heterocycles. The summed E-state index contributed by atoms with van der Waals surface area (Å²) in [7, 11) is 5.46. The number of likely N-dealkylation sites (N-methyl/N-ethyl adjacent to an activating group) is 1. The van der Waals surface area contributed by atoms with E-state index in [-0.39, 0.29) is 18.2 Å². The van der Waals surface area contributed by atoms with Crippen molar-refractivity contribution in [1.82, 2.24) is 15.5 Å². The summed E-state index contributed by atoms with van der Waals surface area (Å²) < 4.78 is 4.85. The van der Waals surface area contributed by atoms with E-state index in [1.54, 1.807) is 7.11 Å². The summed E-state index contributed by atoms with van der Waals surface area (Å²) in [5.41, 5.74) is 0. The number of nitrogens with one attached hydrogen (secondary N) is 2. The van der Waals surface area contributed by atoms with Crippen LogP contribution in [0.4, 0.5) is 0 Å². The summed E-state index contributed by atoms with van der Waals surface area (Å²) in [4.78, 5) is 24.6. The van der Waals surface area contributed by atoms with Crippen LogP contribution in [0.25, 0.3) is 0 Å². The molecular formula is C11H23N3O3. The molecule has 0 heterocycles. The Morgan fingerprint density at radius 2 is 1.71 bits per heavy atom. The van der Waals surface area contributed by atoms with E-state index in [1.165, 1.54) is 0 Å². The Bertz CT molecular complexity index is 232. The lowest BCUT2D eigenvalue weighted by molar-refractivity contribution is -0.129. The molecule has 0 spiro atoms. The Kier molecular flexibility index (Phi) is 9.37. The molecule has 2 N–H and O–H groups in total. The summed E-state index contributed by atoms with van der Waals surface area (Å²) in [6.07, 6.45) is 0.644. The van der Waals surface area contributed by atoms with E-state index in [9.17, 15) is 9.59 Å². The maximum Gasteiger partial charge on any atom is 0.229 e. The van der Waals surface area contributed by atoms with E-state index in [1.807, 2.05) is 19.0 Å². The predicted molar refractivity (Wildman–Crippen MR) is 65.7 cm³/mol. The maximum absolute atomic E-state index is 11.3. The van der Waals surface area contributed by atoms with Crippen LogP contribution in [-0.2, 0) is 14.3 Å². The molecule has 0 saturated heterocycles. The molecule has 0 rings (SSSR count). The summed E-state index contributed by atoms with van der Waals surface area (Å²) in [5.74, 6) is -0.487.